The van der Waals surface area contributed by atoms with Crippen molar-refractivity contribution in [1.82, 2.24) is 0 Å². The highest BCUT2D eigenvalue weighted by atomic mass is 35.5. The molecule has 5 atom stereocenters. The molecule has 0 aromatic heterocycles. The molecule has 0 amide bonds. The van der Waals surface area contributed by atoms with Crippen molar-refractivity contribution in [3.05, 3.63) is 109 Å². The number of hydrogen-bond acceptors (Lipinski definition) is 8. The van der Waals surface area contributed by atoms with Crippen LogP contribution in [0.15, 0.2) is 87.0 Å². The monoisotopic (exact) mass is 630 g/mol. The number of halogens is 1. The van der Waals surface area contributed by atoms with Gasteiger partial charge in [0.25, 0.3) is 0 Å². The van der Waals surface area contributed by atoms with Crippen LogP contribution in [0.4, 0.5) is 0 Å². The maximum Gasteiger partial charge on any atom is 0.168 e. The number of rotatable bonds is 19. The van der Waals surface area contributed by atoms with E-state index in [1.165, 1.54) is 11.8 Å². The molecule has 1 aliphatic rings. The van der Waals surface area contributed by atoms with Crippen LogP contribution in [0.3, 0.4) is 0 Å². The molecule has 1 saturated heterocycles. The van der Waals surface area contributed by atoms with E-state index in [1.807, 2.05) is 37.3 Å². The Labute approximate surface area is 265 Å². The summed E-state index contributed by atoms with van der Waals surface area (Å²) in [6.45, 7) is 19.0. The lowest BCUT2D eigenvalue weighted by Gasteiger charge is -2.50. The zero-order valence-corrected chi connectivity index (χ0v) is 26.6. The molecule has 2 aromatic rings. The van der Waals surface area contributed by atoms with E-state index < -0.39 is 23.2 Å². The Morgan fingerprint density at radius 1 is 0.907 bits per heavy atom. The first-order valence-electron chi connectivity index (χ1n) is 14.2. The third kappa shape index (κ3) is 8.99. The highest BCUT2D eigenvalue weighted by molar-refractivity contribution is 8.00. The van der Waals surface area contributed by atoms with Crippen molar-refractivity contribution in [2.75, 3.05) is 46.8 Å². The van der Waals surface area contributed by atoms with Gasteiger partial charge < -0.3 is 33.5 Å². The van der Waals surface area contributed by atoms with Gasteiger partial charge in [-0.25, -0.2) is 0 Å². The lowest BCUT2D eigenvalue weighted by Crippen LogP contribution is -2.61. The first kappa shape index (κ1) is 34.9. The van der Waals surface area contributed by atoms with Crippen LogP contribution in [0.1, 0.15) is 23.6 Å². The molecule has 1 N–H and O–H groups in total. The highest BCUT2D eigenvalue weighted by Crippen LogP contribution is 2.53. The maximum absolute atomic E-state index is 12.8. The summed E-state index contributed by atoms with van der Waals surface area (Å²) in [4.78, 5) is -1.66. The average Bonchev–Trinajstić information content (AvgIpc) is 3.01. The van der Waals surface area contributed by atoms with Gasteiger partial charge >= 0.3 is 0 Å². The maximum atomic E-state index is 12.8. The Morgan fingerprint density at radius 2 is 1.53 bits per heavy atom. The molecule has 1 heterocycles. The standard InChI is InChI=1S/C34H43ClO7S/c1-7-16-38-23-30-31(40-17-8-2)32(41-18-9-3)33(42-19-10-4)34(36,43-30)27-21-25(28(35)22-29(27)37-6)20-24-12-14-26(15-13-24)39-11-5/h7-10,12-15,21-22,30-33,36H,1-4,11,16-20,23H2,5-6H3/t30-,31-,32+,33-,34?/m1/s1. The van der Waals surface area contributed by atoms with Crippen molar-refractivity contribution in [3.63, 3.8) is 0 Å². The van der Waals surface area contributed by atoms with Crippen molar-refractivity contribution in [3.8, 4) is 11.5 Å². The van der Waals surface area contributed by atoms with Gasteiger partial charge in [0.2, 0.25) is 0 Å². The van der Waals surface area contributed by atoms with Gasteiger partial charge in [-0.2, -0.15) is 0 Å². The first-order valence-corrected chi connectivity index (χ1v) is 15.5. The number of ether oxygens (including phenoxy) is 6. The minimum absolute atomic E-state index is 0.169. The van der Waals surface area contributed by atoms with E-state index in [9.17, 15) is 5.11 Å². The van der Waals surface area contributed by atoms with E-state index in [0.717, 1.165) is 16.9 Å². The van der Waals surface area contributed by atoms with Crippen molar-refractivity contribution < 1.29 is 33.5 Å². The van der Waals surface area contributed by atoms with Gasteiger partial charge in [0, 0.05) is 10.6 Å². The second-order valence-corrected chi connectivity index (χ2v) is 11.7. The molecule has 0 radical (unpaired) electrons. The smallest absolute Gasteiger partial charge is 0.168 e. The van der Waals surface area contributed by atoms with Crippen LogP contribution in [0.2, 0.25) is 5.02 Å². The third-order valence-electron chi connectivity index (χ3n) is 6.81. The van der Waals surface area contributed by atoms with Crippen LogP contribution >= 0.6 is 23.4 Å². The normalized spacial score (nSPS) is 23.3. The zero-order valence-electron chi connectivity index (χ0n) is 25.0. The summed E-state index contributed by atoms with van der Waals surface area (Å²) < 4.78 is 36.1. The summed E-state index contributed by atoms with van der Waals surface area (Å²) in [5.41, 5.74) is 2.35. The number of methoxy groups -OCH3 is 1. The van der Waals surface area contributed by atoms with Gasteiger partial charge in [0.15, 0.2) is 4.93 Å². The minimum atomic E-state index is -1.66. The summed E-state index contributed by atoms with van der Waals surface area (Å²) >= 11 is 8.06. The molecule has 0 saturated carbocycles. The lowest BCUT2D eigenvalue weighted by atomic mass is 9.91. The fraction of sp³-hybridized carbons (Fsp3) is 0.412. The molecule has 2 aromatic carbocycles. The number of benzene rings is 2. The van der Waals surface area contributed by atoms with Crippen molar-refractivity contribution >= 4 is 23.4 Å². The fourth-order valence-corrected chi connectivity index (χ4v) is 6.82. The molecule has 1 unspecified atom stereocenters. The Kier molecular flexibility index (Phi) is 14.3. The molecule has 7 nitrogen and oxygen atoms in total. The van der Waals surface area contributed by atoms with E-state index in [4.69, 9.17) is 40.0 Å². The Morgan fingerprint density at radius 3 is 2.14 bits per heavy atom. The van der Waals surface area contributed by atoms with Crippen LogP contribution in [0.25, 0.3) is 0 Å². The first-order chi connectivity index (χ1) is 20.9. The molecule has 0 spiro atoms. The van der Waals surface area contributed by atoms with E-state index >= 15 is 0 Å². The summed E-state index contributed by atoms with van der Waals surface area (Å²) in [6.07, 6.45) is 5.04. The van der Waals surface area contributed by atoms with E-state index in [-0.39, 0.29) is 31.7 Å². The molecule has 234 valence electrons. The average molecular weight is 631 g/mol. The molecular weight excluding hydrogens is 588 g/mol. The molecule has 1 fully saturated rings. The lowest BCUT2D eigenvalue weighted by molar-refractivity contribution is -0.180. The fourth-order valence-electron chi connectivity index (χ4n) is 4.98. The van der Waals surface area contributed by atoms with Gasteiger partial charge in [0.05, 0.1) is 52.0 Å². The van der Waals surface area contributed by atoms with Crippen LogP contribution in [0.5, 0.6) is 11.5 Å². The largest absolute Gasteiger partial charge is 0.496 e. The summed E-state index contributed by atoms with van der Waals surface area (Å²) in [5, 5.41) is 12.9. The number of aliphatic hydroxyl groups is 1. The van der Waals surface area contributed by atoms with Gasteiger partial charge in [-0.05, 0) is 48.7 Å². The van der Waals surface area contributed by atoms with Gasteiger partial charge in [-0.3, -0.25) is 0 Å². The molecule has 0 aliphatic carbocycles. The highest BCUT2D eigenvalue weighted by Gasteiger charge is 2.57. The predicted octanol–water partition coefficient (Wildman–Crippen LogP) is 6.51. The topological polar surface area (TPSA) is 75.6 Å². The summed E-state index contributed by atoms with van der Waals surface area (Å²) in [7, 11) is 1.55. The Bertz CT molecular complexity index is 1200. The third-order valence-corrected chi connectivity index (χ3v) is 8.68. The molecule has 3 rings (SSSR count). The van der Waals surface area contributed by atoms with E-state index in [0.29, 0.717) is 36.0 Å². The van der Waals surface area contributed by atoms with Gasteiger partial charge in [-0.1, -0.05) is 48.0 Å². The van der Waals surface area contributed by atoms with Crippen LogP contribution in [0, 0.1) is 0 Å². The summed E-state index contributed by atoms with van der Waals surface area (Å²) in [6, 6.07) is 11.5. The molecule has 43 heavy (non-hydrogen) atoms. The Hall–Kier alpha value is -2.56. The number of hydrogen-bond donors (Lipinski definition) is 1. The van der Waals surface area contributed by atoms with Crippen LogP contribution in [-0.2, 0) is 30.3 Å². The van der Waals surface area contributed by atoms with Crippen molar-refractivity contribution in [2.24, 2.45) is 0 Å². The van der Waals surface area contributed by atoms with Gasteiger partial charge in [-0.15, -0.1) is 38.1 Å². The van der Waals surface area contributed by atoms with E-state index in [2.05, 4.69) is 26.3 Å². The SMILES string of the molecule is C=CCOC[C@H]1SC(O)(c2cc(Cc3ccc(OCC)cc3)c(Cl)cc2OC)[C@H](OCC=C)[C@@H](OCC=C)[C@@H]1OCC=C. The molecule has 0 bridgehead atoms. The number of thioether (sulfide) groups is 1. The minimum Gasteiger partial charge on any atom is -0.496 e. The predicted molar refractivity (Wildman–Crippen MR) is 175 cm³/mol. The van der Waals surface area contributed by atoms with E-state index in [1.54, 1.807) is 37.5 Å². The second-order valence-electron chi connectivity index (χ2n) is 9.79. The van der Waals surface area contributed by atoms with Crippen molar-refractivity contribution in [1.29, 1.82) is 0 Å². The summed E-state index contributed by atoms with van der Waals surface area (Å²) in [5.74, 6) is 1.22. The van der Waals surface area contributed by atoms with Crippen molar-refractivity contribution in [2.45, 2.75) is 41.8 Å². The molecular formula is C34H43ClO7S. The second kappa shape index (κ2) is 17.7. The van der Waals surface area contributed by atoms with Crippen LogP contribution in [-0.4, -0.2) is 75.4 Å². The zero-order chi connectivity index (χ0) is 31.2. The quantitative estimate of drug-likeness (QED) is 0.139. The Balaban J connectivity index is 2.14. The molecule has 1 aliphatic heterocycles. The molecule has 9 heteroatoms. The van der Waals surface area contributed by atoms with Crippen LogP contribution < -0.4 is 9.47 Å². The van der Waals surface area contributed by atoms with Gasteiger partial charge in [0.1, 0.15) is 29.8 Å².